The van der Waals surface area contributed by atoms with Crippen molar-refractivity contribution in [2.45, 2.75) is 18.2 Å². The van der Waals surface area contributed by atoms with Crippen molar-refractivity contribution in [2.24, 2.45) is 5.14 Å². The molecule has 2 rings (SSSR count). The molecule has 0 aliphatic carbocycles. The van der Waals surface area contributed by atoms with Gasteiger partial charge < -0.3 is 10.1 Å². The fourth-order valence-electron chi connectivity index (χ4n) is 2.44. The number of primary sulfonamides is 1. The van der Waals surface area contributed by atoms with Crippen LogP contribution in [-0.2, 0) is 16.4 Å². The normalized spacial score (nSPS) is 11.2. The molecule has 2 aromatic carbocycles. The second-order valence-electron chi connectivity index (χ2n) is 5.47. The number of benzene rings is 2. The lowest BCUT2D eigenvalue weighted by molar-refractivity contribution is -0.385. The fraction of sp³-hybridized carbons (Fsp3) is 0.250. The predicted molar refractivity (Wildman–Crippen MR) is 94.4 cm³/mol. The Bertz CT molecular complexity index is 897. The van der Waals surface area contributed by atoms with E-state index in [1.165, 1.54) is 12.1 Å². The lowest BCUT2D eigenvalue weighted by Crippen LogP contribution is -2.16. The maximum absolute atomic E-state index is 11.7. The molecule has 0 unspecified atom stereocenters. The van der Waals surface area contributed by atoms with Gasteiger partial charge in [0.1, 0.15) is 10.6 Å². The smallest absolute Gasteiger partial charge is 0.270 e. The Kier molecular flexibility index (Phi) is 5.60. The van der Waals surface area contributed by atoms with Gasteiger partial charge in [-0.05, 0) is 31.0 Å². The Balaban J connectivity index is 2.21. The summed E-state index contributed by atoms with van der Waals surface area (Å²) in [6, 6.07) is 9.30. The zero-order valence-electron chi connectivity index (χ0n) is 13.9. The number of nitrogens with two attached hydrogens (primary N) is 1. The minimum Gasteiger partial charge on any atom is -0.496 e. The molecule has 2 aromatic rings. The minimum absolute atomic E-state index is 0.222. The van der Waals surface area contributed by atoms with Gasteiger partial charge >= 0.3 is 0 Å². The van der Waals surface area contributed by atoms with Crippen LogP contribution in [0.5, 0.6) is 5.75 Å². The first-order chi connectivity index (χ1) is 11.7. The lowest BCUT2D eigenvalue weighted by atomic mass is 10.1. The number of nitro benzene ring substituents is 1. The number of non-ortho nitro benzene ring substituents is 1. The van der Waals surface area contributed by atoms with Crippen molar-refractivity contribution in [1.82, 2.24) is 0 Å². The molecular formula is C16H19N3O5S. The molecule has 0 saturated carbocycles. The van der Waals surface area contributed by atoms with Crippen molar-refractivity contribution in [3.05, 3.63) is 57.6 Å². The summed E-state index contributed by atoms with van der Waals surface area (Å²) in [7, 11) is -2.52. The molecule has 0 bridgehead atoms. The first-order valence-electron chi connectivity index (χ1n) is 7.41. The SMILES string of the molecule is COc1ccc(C)cc1CCNc1ccc([N+](=O)[O-])cc1S(N)(=O)=O. The van der Waals surface area contributed by atoms with Gasteiger partial charge in [0.25, 0.3) is 5.69 Å². The van der Waals surface area contributed by atoms with Crippen LogP contribution in [0.2, 0.25) is 0 Å². The maximum atomic E-state index is 11.7. The van der Waals surface area contributed by atoms with Gasteiger partial charge in [-0.2, -0.15) is 0 Å². The first kappa shape index (κ1) is 18.7. The van der Waals surface area contributed by atoms with Crippen molar-refractivity contribution < 1.29 is 18.1 Å². The van der Waals surface area contributed by atoms with E-state index in [9.17, 15) is 18.5 Å². The van der Waals surface area contributed by atoms with Crippen LogP contribution in [0.1, 0.15) is 11.1 Å². The van der Waals surface area contributed by atoms with Crippen LogP contribution in [0.4, 0.5) is 11.4 Å². The number of nitro groups is 1. The van der Waals surface area contributed by atoms with Crippen LogP contribution < -0.4 is 15.2 Å². The van der Waals surface area contributed by atoms with Crippen LogP contribution in [0.25, 0.3) is 0 Å². The number of aryl methyl sites for hydroxylation is 1. The zero-order valence-corrected chi connectivity index (χ0v) is 14.7. The summed E-state index contributed by atoms with van der Waals surface area (Å²) in [6.07, 6.45) is 0.575. The molecule has 25 heavy (non-hydrogen) atoms. The van der Waals surface area contributed by atoms with E-state index in [0.717, 1.165) is 22.9 Å². The van der Waals surface area contributed by atoms with Crippen LogP contribution in [-0.4, -0.2) is 27.0 Å². The average Bonchev–Trinajstić information content (AvgIpc) is 2.54. The van der Waals surface area contributed by atoms with Gasteiger partial charge in [0.2, 0.25) is 10.0 Å². The lowest BCUT2D eigenvalue weighted by Gasteiger charge is -2.13. The Morgan fingerprint density at radius 1 is 1.24 bits per heavy atom. The highest BCUT2D eigenvalue weighted by molar-refractivity contribution is 7.89. The summed E-state index contributed by atoms with van der Waals surface area (Å²) in [5.74, 6) is 0.739. The van der Waals surface area contributed by atoms with Crippen molar-refractivity contribution in [1.29, 1.82) is 0 Å². The highest BCUT2D eigenvalue weighted by atomic mass is 32.2. The molecule has 0 amide bonds. The molecule has 0 aliphatic rings. The Hall–Kier alpha value is -2.65. The van der Waals surface area contributed by atoms with Crippen molar-refractivity contribution in [3.8, 4) is 5.75 Å². The summed E-state index contributed by atoms with van der Waals surface area (Å²) in [5, 5.41) is 19.0. The van der Waals surface area contributed by atoms with Gasteiger partial charge in [0.05, 0.1) is 17.7 Å². The third kappa shape index (κ3) is 4.68. The van der Waals surface area contributed by atoms with E-state index in [1.807, 2.05) is 25.1 Å². The molecule has 0 aromatic heterocycles. The third-order valence-corrected chi connectivity index (χ3v) is 4.58. The number of hydrogen-bond acceptors (Lipinski definition) is 6. The fourth-order valence-corrected chi connectivity index (χ4v) is 3.17. The minimum atomic E-state index is -4.10. The molecule has 0 atom stereocenters. The van der Waals surface area contributed by atoms with Crippen LogP contribution in [0, 0.1) is 17.0 Å². The molecule has 0 radical (unpaired) electrons. The zero-order chi connectivity index (χ0) is 18.6. The number of methoxy groups -OCH3 is 1. The number of nitrogens with zero attached hydrogens (tertiary/aromatic N) is 1. The molecule has 9 heteroatoms. The molecular weight excluding hydrogens is 346 g/mol. The molecule has 8 nitrogen and oxygen atoms in total. The second kappa shape index (κ2) is 7.49. The number of hydrogen-bond donors (Lipinski definition) is 2. The van der Waals surface area contributed by atoms with Crippen LogP contribution in [0.3, 0.4) is 0 Å². The number of nitrogens with one attached hydrogen (secondary N) is 1. The van der Waals surface area contributed by atoms with E-state index < -0.39 is 14.9 Å². The molecule has 0 spiro atoms. The molecule has 3 N–H and O–H groups in total. The molecule has 0 fully saturated rings. The highest BCUT2D eigenvalue weighted by Crippen LogP contribution is 2.26. The van der Waals surface area contributed by atoms with Gasteiger partial charge in [-0.3, -0.25) is 10.1 Å². The van der Waals surface area contributed by atoms with Crippen molar-refractivity contribution in [3.63, 3.8) is 0 Å². The summed E-state index contributed by atoms with van der Waals surface area (Å²) < 4.78 is 28.7. The molecule has 0 saturated heterocycles. The van der Waals surface area contributed by atoms with E-state index in [0.29, 0.717) is 13.0 Å². The summed E-state index contributed by atoms with van der Waals surface area (Å²) >= 11 is 0. The quantitative estimate of drug-likeness (QED) is 0.572. The standard InChI is InChI=1S/C16H19N3O5S/c1-11-3-6-15(24-2)12(9-11)7-8-18-14-5-4-13(19(20)21)10-16(14)25(17,22)23/h3-6,9-10,18H,7-8H2,1-2H3,(H2,17,22,23). The predicted octanol–water partition coefficient (Wildman–Crippen LogP) is 2.21. The van der Waals surface area contributed by atoms with E-state index >= 15 is 0 Å². The van der Waals surface area contributed by atoms with E-state index in [2.05, 4.69) is 5.32 Å². The Morgan fingerprint density at radius 2 is 1.96 bits per heavy atom. The van der Waals surface area contributed by atoms with Crippen LogP contribution in [0.15, 0.2) is 41.3 Å². The van der Waals surface area contributed by atoms with Gasteiger partial charge in [-0.1, -0.05) is 17.7 Å². The van der Waals surface area contributed by atoms with E-state index in [4.69, 9.17) is 9.88 Å². The Labute approximate surface area is 145 Å². The van der Waals surface area contributed by atoms with Crippen molar-refractivity contribution in [2.75, 3.05) is 19.0 Å². The number of ether oxygens (including phenoxy) is 1. The number of sulfonamides is 1. The van der Waals surface area contributed by atoms with Gasteiger partial charge in [0, 0.05) is 18.7 Å². The van der Waals surface area contributed by atoms with Crippen molar-refractivity contribution >= 4 is 21.4 Å². The molecule has 0 heterocycles. The molecule has 134 valence electrons. The average molecular weight is 365 g/mol. The number of anilines is 1. The first-order valence-corrected chi connectivity index (χ1v) is 8.95. The summed E-state index contributed by atoms with van der Waals surface area (Å²) in [4.78, 5) is 9.85. The monoisotopic (exact) mass is 365 g/mol. The maximum Gasteiger partial charge on any atom is 0.270 e. The summed E-state index contributed by atoms with van der Waals surface area (Å²) in [6.45, 7) is 2.37. The van der Waals surface area contributed by atoms with Gasteiger partial charge in [-0.15, -0.1) is 0 Å². The van der Waals surface area contributed by atoms with Gasteiger partial charge in [0.15, 0.2) is 0 Å². The van der Waals surface area contributed by atoms with Crippen LogP contribution >= 0.6 is 0 Å². The highest BCUT2D eigenvalue weighted by Gasteiger charge is 2.18. The third-order valence-electron chi connectivity index (χ3n) is 3.63. The van der Waals surface area contributed by atoms with E-state index in [1.54, 1.807) is 7.11 Å². The second-order valence-corrected chi connectivity index (χ2v) is 7.00. The topological polar surface area (TPSA) is 125 Å². The largest absolute Gasteiger partial charge is 0.496 e. The Morgan fingerprint density at radius 3 is 2.56 bits per heavy atom. The number of rotatable bonds is 7. The van der Waals surface area contributed by atoms with E-state index in [-0.39, 0.29) is 16.3 Å². The molecule has 0 aliphatic heterocycles. The van der Waals surface area contributed by atoms with Gasteiger partial charge in [-0.25, -0.2) is 13.6 Å². The summed E-state index contributed by atoms with van der Waals surface area (Å²) in [5.41, 5.74) is 1.93.